The number of carboxylic acids is 1. The van der Waals surface area contributed by atoms with E-state index in [9.17, 15) is 19.7 Å². The first-order chi connectivity index (χ1) is 9.90. The van der Waals surface area contributed by atoms with E-state index in [0.717, 1.165) is 6.07 Å². The Bertz CT molecular complexity index is 736. The van der Waals surface area contributed by atoms with Crippen molar-refractivity contribution in [2.45, 2.75) is 6.92 Å². The van der Waals surface area contributed by atoms with Gasteiger partial charge in [-0.05, 0) is 13.0 Å². The molecule has 2 N–H and O–H groups in total. The fourth-order valence-corrected chi connectivity index (χ4v) is 1.63. The predicted molar refractivity (Wildman–Crippen MR) is 69.2 cm³/mol. The lowest BCUT2D eigenvalue weighted by molar-refractivity contribution is -0.385. The lowest BCUT2D eigenvalue weighted by Gasteiger charge is -2.06. The minimum absolute atomic E-state index is 0.140. The Kier molecular flexibility index (Phi) is 3.65. The lowest BCUT2D eigenvalue weighted by atomic mass is 10.1. The van der Waals surface area contributed by atoms with Crippen LogP contribution < -0.4 is 5.32 Å². The molecule has 0 fully saturated rings. The minimum Gasteiger partial charge on any atom is -0.475 e. The largest absolute Gasteiger partial charge is 0.475 e. The molecule has 0 spiro atoms. The number of nitrogens with zero attached hydrogens (tertiary/aromatic N) is 2. The highest BCUT2D eigenvalue weighted by atomic mass is 16.6. The number of hydrogen-bond acceptors (Lipinski definition) is 6. The smallest absolute Gasteiger partial charge is 0.374 e. The van der Waals surface area contributed by atoms with E-state index >= 15 is 0 Å². The van der Waals surface area contributed by atoms with Crippen LogP contribution in [-0.2, 0) is 0 Å². The van der Waals surface area contributed by atoms with Crippen molar-refractivity contribution in [2.24, 2.45) is 0 Å². The Morgan fingerprint density at radius 2 is 2.14 bits per heavy atom. The van der Waals surface area contributed by atoms with E-state index in [1.165, 1.54) is 25.1 Å². The summed E-state index contributed by atoms with van der Waals surface area (Å²) in [5.41, 5.74) is 0.129. The van der Waals surface area contributed by atoms with Gasteiger partial charge in [0.1, 0.15) is 0 Å². The van der Waals surface area contributed by atoms with Crippen molar-refractivity contribution in [1.29, 1.82) is 0 Å². The number of rotatable bonds is 4. The van der Waals surface area contributed by atoms with E-state index in [4.69, 9.17) is 5.11 Å². The van der Waals surface area contributed by atoms with E-state index < -0.39 is 22.6 Å². The van der Waals surface area contributed by atoms with Crippen molar-refractivity contribution in [3.8, 4) is 0 Å². The first kappa shape index (κ1) is 14.2. The fourth-order valence-electron chi connectivity index (χ4n) is 1.63. The summed E-state index contributed by atoms with van der Waals surface area (Å²) in [5, 5.41) is 25.2. The van der Waals surface area contributed by atoms with Gasteiger partial charge < -0.3 is 14.9 Å². The first-order valence-corrected chi connectivity index (χ1v) is 5.65. The molecule has 9 nitrogen and oxygen atoms in total. The van der Waals surface area contributed by atoms with E-state index in [1.54, 1.807) is 0 Å². The van der Waals surface area contributed by atoms with Crippen molar-refractivity contribution in [2.75, 3.05) is 5.32 Å². The maximum Gasteiger partial charge on any atom is 0.374 e. The van der Waals surface area contributed by atoms with Crippen LogP contribution in [-0.4, -0.2) is 27.1 Å². The van der Waals surface area contributed by atoms with Gasteiger partial charge in [-0.25, -0.2) is 4.79 Å². The van der Waals surface area contributed by atoms with Crippen molar-refractivity contribution in [3.05, 3.63) is 51.4 Å². The zero-order valence-electron chi connectivity index (χ0n) is 10.7. The fraction of sp³-hybridized carbons (Fsp3) is 0.0833. The molecule has 0 aliphatic carbocycles. The highest BCUT2D eigenvalue weighted by Crippen LogP contribution is 2.25. The highest BCUT2D eigenvalue weighted by Gasteiger charge is 2.19. The van der Waals surface area contributed by atoms with Gasteiger partial charge in [0.2, 0.25) is 5.76 Å². The second-order valence-corrected chi connectivity index (χ2v) is 4.04. The van der Waals surface area contributed by atoms with Gasteiger partial charge in [-0.1, -0.05) is 11.2 Å². The summed E-state index contributed by atoms with van der Waals surface area (Å²) in [5.74, 6) is -2.56. The molecule has 0 bridgehead atoms. The second kappa shape index (κ2) is 5.41. The molecule has 1 amide bonds. The molecule has 108 valence electrons. The van der Waals surface area contributed by atoms with Crippen LogP contribution in [0.3, 0.4) is 0 Å². The maximum atomic E-state index is 11.9. The van der Waals surface area contributed by atoms with Crippen LogP contribution in [0.1, 0.15) is 26.6 Å². The number of nitrogens with one attached hydrogen (secondary N) is 1. The van der Waals surface area contributed by atoms with Gasteiger partial charge in [-0.15, -0.1) is 0 Å². The third-order valence-electron chi connectivity index (χ3n) is 2.70. The summed E-state index contributed by atoms with van der Waals surface area (Å²) < 4.78 is 4.46. The Labute approximate surface area is 117 Å². The molecule has 9 heteroatoms. The number of carboxylic acid groups (broad SMARTS) is 1. The number of hydrogen-bond donors (Lipinski definition) is 2. The average Bonchev–Trinajstić information content (AvgIpc) is 2.90. The lowest BCUT2D eigenvalue weighted by Crippen LogP contribution is -2.13. The van der Waals surface area contributed by atoms with Crippen LogP contribution in [0.15, 0.2) is 28.8 Å². The zero-order chi connectivity index (χ0) is 15.6. The van der Waals surface area contributed by atoms with Gasteiger partial charge in [0.25, 0.3) is 11.6 Å². The molecule has 1 aromatic heterocycles. The van der Waals surface area contributed by atoms with E-state index in [2.05, 4.69) is 15.0 Å². The first-order valence-electron chi connectivity index (χ1n) is 5.65. The third-order valence-corrected chi connectivity index (χ3v) is 2.70. The number of nitro groups is 1. The van der Waals surface area contributed by atoms with Gasteiger partial charge in [0.05, 0.1) is 16.2 Å². The minimum atomic E-state index is -1.35. The zero-order valence-corrected chi connectivity index (χ0v) is 10.7. The Morgan fingerprint density at radius 1 is 1.43 bits per heavy atom. The van der Waals surface area contributed by atoms with Crippen LogP contribution >= 0.6 is 0 Å². The van der Waals surface area contributed by atoms with Crippen LogP contribution in [0, 0.1) is 17.0 Å². The molecule has 21 heavy (non-hydrogen) atoms. The van der Waals surface area contributed by atoms with Gasteiger partial charge in [0, 0.05) is 12.1 Å². The molecule has 1 aromatic carbocycles. The molecule has 0 aliphatic heterocycles. The molecule has 2 aromatic rings. The number of carbonyl (C=O) groups excluding carboxylic acids is 1. The van der Waals surface area contributed by atoms with Gasteiger partial charge in [-0.2, -0.15) is 0 Å². The quantitative estimate of drug-likeness (QED) is 0.647. The Balaban J connectivity index is 2.25. The van der Waals surface area contributed by atoms with Crippen molar-refractivity contribution >= 4 is 23.3 Å². The third kappa shape index (κ3) is 2.86. The predicted octanol–water partition coefficient (Wildman–Crippen LogP) is 1.84. The van der Waals surface area contributed by atoms with Crippen molar-refractivity contribution in [1.82, 2.24) is 5.16 Å². The highest BCUT2D eigenvalue weighted by molar-refractivity contribution is 6.04. The van der Waals surface area contributed by atoms with E-state index in [-0.39, 0.29) is 22.6 Å². The molecule has 0 saturated heterocycles. The number of carbonyl (C=O) groups is 2. The Morgan fingerprint density at radius 3 is 2.71 bits per heavy atom. The topological polar surface area (TPSA) is 136 Å². The number of benzene rings is 1. The summed E-state index contributed by atoms with van der Waals surface area (Å²) in [6.07, 6.45) is 0. The molecule has 0 unspecified atom stereocenters. The second-order valence-electron chi connectivity index (χ2n) is 4.04. The number of amides is 1. The molecular weight excluding hydrogens is 282 g/mol. The normalized spacial score (nSPS) is 10.1. The summed E-state index contributed by atoms with van der Waals surface area (Å²) in [6.45, 7) is 1.49. The monoisotopic (exact) mass is 291 g/mol. The van der Waals surface area contributed by atoms with Gasteiger partial charge >= 0.3 is 5.97 Å². The Hall–Kier alpha value is -3.23. The molecule has 0 saturated carbocycles. The number of anilines is 1. The van der Waals surface area contributed by atoms with Crippen molar-refractivity contribution < 1.29 is 24.1 Å². The van der Waals surface area contributed by atoms with Crippen molar-refractivity contribution in [3.63, 3.8) is 0 Å². The van der Waals surface area contributed by atoms with E-state index in [0.29, 0.717) is 0 Å². The molecule has 0 atom stereocenters. The van der Waals surface area contributed by atoms with E-state index in [1.807, 2.05) is 0 Å². The maximum absolute atomic E-state index is 11.9. The summed E-state index contributed by atoms with van der Waals surface area (Å²) in [4.78, 5) is 32.8. The number of aromatic carboxylic acids is 1. The van der Waals surface area contributed by atoms with Crippen LogP contribution in [0.5, 0.6) is 0 Å². The molecule has 1 heterocycles. The number of nitro benzene ring substituents is 1. The standard InChI is InChI=1S/C12H9N3O6/c1-6-7(3-2-4-9(6)15(19)20)13-11(16)8-5-10(12(17)18)21-14-8/h2-5H,1H3,(H,13,16)(H,17,18). The van der Waals surface area contributed by atoms with Gasteiger partial charge in [-0.3, -0.25) is 14.9 Å². The average molecular weight is 291 g/mol. The SMILES string of the molecule is Cc1c(NC(=O)c2cc(C(=O)O)on2)cccc1[N+](=O)[O-]. The van der Waals surface area contributed by atoms with Crippen LogP contribution in [0.2, 0.25) is 0 Å². The van der Waals surface area contributed by atoms with Gasteiger partial charge in [0.15, 0.2) is 5.69 Å². The molecule has 0 radical (unpaired) electrons. The molecule has 2 rings (SSSR count). The van der Waals surface area contributed by atoms with Crippen LogP contribution in [0.25, 0.3) is 0 Å². The number of aromatic nitrogens is 1. The molecular formula is C12H9N3O6. The summed E-state index contributed by atoms with van der Waals surface area (Å²) in [7, 11) is 0. The summed E-state index contributed by atoms with van der Waals surface area (Å²) in [6, 6.07) is 5.18. The summed E-state index contributed by atoms with van der Waals surface area (Å²) >= 11 is 0. The molecule has 0 aliphatic rings. The van der Waals surface area contributed by atoms with Crippen LogP contribution in [0.4, 0.5) is 11.4 Å².